The van der Waals surface area contributed by atoms with Gasteiger partial charge in [-0.1, -0.05) is 0 Å². The summed E-state index contributed by atoms with van der Waals surface area (Å²) in [6.07, 6.45) is 4.64. The SMILES string of the molecule is CN1c2nc(OC[C@@]34CCCN3C[C@H](F)C4)nc3c(F)c(Br)cc(c23)O[C@H]2CCC[C@H]21. The molecule has 6 nitrogen and oxygen atoms in total. The topological polar surface area (TPSA) is 50.7 Å². The van der Waals surface area contributed by atoms with Crippen LogP contribution in [0.3, 0.4) is 0 Å². The van der Waals surface area contributed by atoms with E-state index in [1.807, 2.05) is 7.05 Å². The highest BCUT2D eigenvalue weighted by Crippen LogP contribution is 2.45. The van der Waals surface area contributed by atoms with Crippen LogP contribution in [0.25, 0.3) is 10.9 Å². The number of likely N-dealkylation sites (N-methyl/N-ethyl adjacent to an activating group) is 1. The molecule has 0 spiro atoms. The van der Waals surface area contributed by atoms with Crippen molar-refractivity contribution in [2.75, 3.05) is 31.6 Å². The van der Waals surface area contributed by atoms with Crippen molar-refractivity contribution < 1.29 is 18.3 Å². The first-order valence-electron chi connectivity index (χ1n) is 11.1. The van der Waals surface area contributed by atoms with Gasteiger partial charge in [0.15, 0.2) is 5.82 Å². The number of nitrogens with zero attached hydrogens (tertiary/aromatic N) is 4. The van der Waals surface area contributed by atoms with E-state index in [0.29, 0.717) is 41.0 Å². The fourth-order valence-electron chi connectivity index (χ4n) is 6.05. The number of rotatable bonds is 3. The summed E-state index contributed by atoms with van der Waals surface area (Å²) in [4.78, 5) is 13.4. The molecule has 2 aromatic rings. The van der Waals surface area contributed by atoms with Crippen LogP contribution in [0.4, 0.5) is 14.6 Å². The van der Waals surface area contributed by atoms with Gasteiger partial charge in [-0.05, 0) is 60.6 Å². The molecule has 166 valence electrons. The maximum atomic E-state index is 15.1. The molecule has 31 heavy (non-hydrogen) atoms. The Hall–Kier alpha value is -1.74. The van der Waals surface area contributed by atoms with Crippen LogP contribution in [0.1, 0.15) is 38.5 Å². The Labute approximate surface area is 188 Å². The van der Waals surface area contributed by atoms with Crippen LogP contribution in [0.5, 0.6) is 11.8 Å². The Bertz CT molecular complexity index is 1060. The first kappa shape index (κ1) is 19.9. The standard InChI is InChI=1S/C22H25BrF2N4O2/c1-28-14-4-2-5-15(14)31-16-8-13(23)18(25)19-17(16)20(28)27-21(26-19)30-11-22-6-3-7-29(22)10-12(24)9-22/h8,12,14-15H,2-7,9-11H2,1H3/t12-,14-,15+,22+/m1/s1. The van der Waals surface area contributed by atoms with Crippen molar-refractivity contribution in [1.82, 2.24) is 14.9 Å². The molecule has 4 aliphatic rings. The van der Waals surface area contributed by atoms with Crippen LogP contribution in [0.2, 0.25) is 0 Å². The molecule has 1 aromatic carbocycles. The molecule has 4 atom stereocenters. The average molecular weight is 495 g/mol. The van der Waals surface area contributed by atoms with Gasteiger partial charge in [0.05, 0.1) is 21.4 Å². The van der Waals surface area contributed by atoms with E-state index >= 15 is 4.39 Å². The van der Waals surface area contributed by atoms with Crippen LogP contribution in [-0.2, 0) is 0 Å². The quantitative estimate of drug-likeness (QED) is 0.636. The second kappa shape index (κ2) is 7.13. The fourth-order valence-corrected chi connectivity index (χ4v) is 6.44. The van der Waals surface area contributed by atoms with Crippen molar-refractivity contribution in [3.63, 3.8) is 0 Å². The summed E-state index contributed by atoms with van der Waals surface area (Å²) in [6, 6.07) is 1.98. The minimum Gasteiger partial charge on any atom is -0.487 e. The van der Waals surface area contributed by atoms with Crippen LogP contribution >= 0.6 is 15.9 Å². The van der Waals surface area contributed by atoms with Gasteiger partial charge in [0.2, 0.25) is 0 Å². The number of fused-ring (bicyclic) bond motifs is 2. The molecule has 0 unspecified atom stereocenters. The summed E-state index contributed by atoms with van der Waals surface area (Å²) in [5.74, 6) is 0.774. The van der Waals surface area contributed by atoms with Gasteiger partial charge in [-0.3, -0.25) is 4.90 Å². The van der Waals surface area contributed by atoms with Gasteiger partial charge < -0.3 is 14.4 Å². The van der Waals surface area contributed by atoms with Gasteiger partial charge in [-0.2, -0.15) is 9.97 Å². The van der Waals surface area contributed by atoms with Crippen molar-refractivity contribution in [1.29, 1.82) is 0 Å². The fraction of sp³-hybridized carbons (Fsp3) is 0.636. The average Bonchev–Trinajstić information content (AvgIpc) is 3.41. The zero-order valence-corrected chi connectivity index (χ0v) is 19.0. The van der Waals surface area contributed by atoms with Crippen molar-refractivity contribution >= 4 is 32.7 Å². The molecule has 2 saturated heterocycles. The monoisotopic (exact) mass is 494 g/mol. The largest absolute Gasteiger partial charge is 0.487 e. The number of alkyl halides is 1. The van der Waals surface area contributed by atoms with Gasteiger partial charge in [0.25, 0.3) is 0 Å². The van der Waals surface area contributed by atoms with Gasteiger partial charge in [0, 0.05) is 20.0 Å². The maximum absolute atomic E-state index is 15.1. The lowest BCUT2D eigenvalue weighted by molar-refractivity contribution is 0.107. The Morgan fingerprint density at radius 2 is 2.19 bits per heavy atom. The number of halogens is 3. The molecule has 3 fully saturated rings. The second-order valence-corrected chi connectivity index (χ2v) is 10.2. The van der Waals surface area contributed by atoms with Gasteiger partial charge in [0.1, 0.15) is 36.0 Å². The lowest BCUT2D eigenvalue weighted by Gasteiger charge is -2.31. The molecule has 4 heterocycles. The predicted octanol–water partition coefficient (Wildman–Crippen LogP) is 4.24. The minimum absolute atomic E-state index is 0.0371. The van der Waals surface area contributed by atoms with Crippen molar-refractivity contribution in [3.05, 3.63) is 16.4 Å². The van der Waals surface area contributed by atoms with Crippen LogP contribution in [0.15, 0.2) is 10.5 Å². The number of hydrogen-bond acceptors (Lipinski definition) is 6. The number of aromatic nitrogens is 2. The summed E-state index contributed by atoms with van der Waals surface area (Å²) in [5, 5.41) is 0.579. The third-order valence-electron chi connectivity index (χ3n) is 7.55. The summed E-state index contributed by atoms with van der Waals surface area (Å²) in [7, 11) is 1.98. The Kier molecular flexibility index (Phi) is 4.58. The third-order valence-corrected chi connectivity index (χ3v) is 8.13. The molecule has 1 saturated carbocycles. The molecule has 1 aliphatic carbocycles. The lowest BCUT2D eigenvalue weighted by atomic mass is 9.95. The molecule has 9 heteroatoms. The first-order valence-corrected chi connectivity index (χ1v) is 11.9. The van der Waals surface area contributed by atoms with E-state index in [9.17, 15) is 4.39 Å². The molecule has 0 radical (unpaired) electrons. The zero-order chi connectivity index (χ0) is 21.3. The van der Waals surface area contributed by atoms with E-state index < -0.39 is 12.0 Å². The molecule has 6 rings (SSSR count). The van der Waals surface area contributed by atoms with Gasteiger partial charge in [-0.25, -0.2) is 8.78 Å². The molecule has 0 amide bonds. The Morgan fingerprint density at radius 1 is 1.32 bits per heavy atom. The van der Waals surface area contributed by atoms with Crippen molar-refractivity contribution in [2.24, 2.45) is 0 Å². The molecule has 1 aromatic heterocycles. The number of benzene rings is 1. The lowest BCUT2D eigenvalue weighted by Crippen LogP contribution is -2.43. The molecule has 0 N–H and O–H groups in total. The Morgan fingerprint density at radius 3 is 3.06 bits per heavy atom. The molecule has 3 aliphatic heterocycles. The second-order valence-electron chi connectivity index (χ2n) is 9.35. The smallest absolute Gasteiger partial charge is 0.319 e. The highest BCUT2D eigenvalue weighted by atomic mass is 79.9. The number of anilines is 1. The van der Waals surface area contributed by atoms with Gasteiger partial charge in [-0.15, -0.1) is 0 Å². The Balaban J connectivity index is 1.41. The van der Waals surface area contributed by atoms with Crippen LogP contribution in [-0.4, -0.2) is 65.5 Å². The highest BCUT2D eigenvalue weighted by Gasteiger charge is 2.49. The molecule has 0 bridgehead atoms. The summed E-state index contributed by atoms with van der Waals surface area (Å²) >= 11 is 3.31. The van der Waals surface area contributed by atoms with E-state index in [0.717, 1.165) is 38.6 Å². The van der Waals surface area contributed by atoms with Crippen molar-refractivity contribution in [3.8, 4) is 11.8 Å². The normalized spacial score (nSPS) is 32.1. The summed E-state index contributed by atoms with van der Waals surface area (Å²) in [5.41, 5.74) is -0.120. The number of hydrogen-bond donors (Lipinski definition) is 0. The van der Waals surface area contributed by atoms with E-state index in [2.05, 4.69) is 30.7 Å². The van der Waals surface area contributed by atoms with Crippen LogP contribution in [0, 0.1) is 5.82 Å². The third kappa shape index (κ3) is 3.03. The highest BCUT2D eigenvalue weighted by molar-refractivity contribution is 9.10. The summed E-state index contributed by atoms with van der Waals surface area (Å²) < 4.78 is 41.9. The predicted molar refractivity (Wildman–Crippen MR) is 116 cm³/mol. The number of ether oxygens (including phenoxy) is 2. The van der Waals surface area contributed by atoms with Crippen molar-refractivity contribution in [2.45, 2.75) is 62.4 Å². The van der Waals surface area contributed by atoms with E-state index in [-0.39, 0.29) is 29.2 Å². The van der Waals surface area contributed by atoms with E-state index in [4.69, 9.17) is 14.5 Å². The molecular formula is C22H25BrF2N4O2. The zero-order valence-electron chi connectivity index (χ0n) is 17.4. The molecular weight excluding hydrogens is 470 g/mol. The minimum atomic E-state index is -0.829. The van der Waals surface area contributed by atoms with E-state index in [1.54, 1.807) is 6.07 Å². The van der Waals surface area contributed by atoms with Crippen LogP contribution < -0.4 is 14.4 Å². The maximum Gasteiger partial charge on any atom is 0.319 e. The van der Waals surface area contributed by atoms with Gasteiger partial charge >= 0.3 is 6.01 Å². The summed E-state index contributed by atoms with van der Waals surface area (Å²) in [6.45, 7) is 1.66. The first-order chi connectivity index (χ1) is 14.9. The van der Waals surface area contributed by atoms with E-state index in [1.165, 1.54) is 0 Å².